The highest BCUT2D eigenvalue weighted by Crippen LogP contribution is 2.40. The minimum atomic E-state index is 0.384. The molecule has 1 fully saturated rings. The van der Waals surface area contributed by atoms with Crippen molar-refractivity contribution >= 4 is 11.0 Å². The van der Waals surface area contributed by atoms with Crippen LogP contribution >= 0.6 is 0 Å². The number of benzene rings is 3. The summed E-state index contributed by atoms with van der Waals surface area (Å²) >= 11 is 0. The van der Waals surface area contributed by atoms with Crippen molar-refractivity contribution in [3.63, 3.8) is 0 Å². The van der Waals surface area contributed by atoms with Gasteiger partial charge in [0.2, 0.25) is 0 Å². The van der Waals surface area contributed by atoms with Gasteiger partial charge in [0.1, 0.15) is 22.6 Å². The van der Waals surface area contributed by atoms with E-state index in [4.69, 9.17) is 19.2 Å². The predicted octanol–water partition coefficient (Wildman–Crippen LogP) is 5.75. The van der Waals surface area contributed by atoms with E-state index in [1.165, 1.54) is 5.56 Å². The first-order chi connectivity index (χ1) is 19.2. The number of hydrogen-bond acceptors (Lipinski definition) is 5. The van der Waals surface area contributed by atoms with E-state index in [9.17, 15) is 5.41 Å². The quantitative estimate of drug-likeness (QED) is 0.283. The van der Waals surface area contributed by atoms with E-state index in [-0.39, 0.29) is 0 Å². The van der Waals surface area contributed by atoms with Gasteiger partial charge in [-0.25, -0.2) is 4.98 Å². The van der Waals surface area contributed by atoms with E-state index in [1.54, 1.807) is 14.2 Å². The van der Waals surface area contributed by atoms with E-state index in [0.29, 0.717) is 24.5 Å². The SMILES string of the molecule is COc1ccc(-c2c(-c3ccc(OC)cc3)n(Cc3ccccc3)c3ncn(CC4CCOC4)c(=N)c23)cc1. The molecule has 2 aromatic heterocycles. The van der Waals surface area contributed by atoms with Crippen molar-refractivity contribution in [3.05, 3.63) is 96.2 Å². The lowest BCUT2D eigenvalue weighted by Gasteiger charge is -2.14. The maximum absolute atomic E-state index is 9.41. The molecule has 1 N–H and O–H groups in total. The van der Waals surface area contributed by atoms with Crippen LogP contribution in [0, 0.1) is 11.3 Å². The summed E-state index contributed by atoms with van der Waals surface area (Å²) in [6.45, 7) is 2.84. The molecule has 1 aliphatic heterocycles. The van der Waals surface area contributed by atoms with Crippen LogP contribution in [0.2, 0.25) is 0 Å². The highest BCUT2D eigenvalue weighted by atomic mass is 16.5. The molecule has 1 atom stereocenters. The van der Waals surface area contributed by atoms with Crippen molar-refractivity contribution in [2.45, 2.75) is 19.5 Å². The molecule has 7 heteroatoms. The molecule has 3 aromatic carbocycles. The molecular formula is C32H32N4O3. The molecule has 1 aliphatic rings. The second-order valence-electron chi connectivity index (χ2n) is 9.93. The number of rotatable bonds is 8. The van der Waals surface area contributed by atoms with Crippen LogP contribution in [0.4, 0.5) is 0 Å². The zero-order chi connectivity index (χ0) is 26.8. The topological polar surface area (TPSA) is 74.3 Å². The van der Waals surface area contributed by atoms with Crippen LogP contribution in [0.25, 0.3) is 33.4 Å². The standard InChI is InChI=1S/C32H32N4O3/c1-37-26-12-8-24(9-13-26)28-29-31(33)35(18-23-16-17-39-20-23)21-34-32(29)36(19-22-6-4-3-5-7-22)30(28)25-10-14-27(38-2)15-11-25/h3-15,21,23,33H,16-20H2,1-2H3. The van der Waals surface area contributed by atoms with Crippen molar-refractivity contribution in [2.24, 2.45) is 5.92 Å². The minimum Gasteiger partial charge on any atom is -0.497 e. The van der Waals surface area contributed by atoms with Crippen molar-refractivity contribution in [3.8, 4) is 33.9 Å². The fourth-order valence-corrected chi connectivity index (χ4v) is 5.44. The normalized spacial score (nSPS) is 15.1. The van der Waals surface area contributed by atoms with E-state index >= 15 is 0 Å². The van der Waals surface area contributed by atoms with Gasteiger partial charge in [0.25, 0.3) is 0 Å². The Morgan fingerprint density at radius 3 is 2.18 bits per heavy atom. The van der Waals surface area contributed by atoms with Gasteiger partial charge in [0.05, 0.1) is 38.2 Å². The maximum atomic E-state index is 9.41. The predicted molar refractivity (Wildman–Crippen MR) is 152 cm³/mol. The first-order valence-corrected chi connectivity index (χ1v) is 13.2. The third-order valence-corrected chi connectivity index (χ3v) is 7.48. The lowest BCUT2D eigenvalue weighted by molar-refractivity contribution is 0.182. The smallest absolute Gasteiger partial charge is 0.146 e. The molecule has 1 unspecified atom stereocenters. The Kier molecular flexibility index (Phi) is 6.90. The first kappa shape index (κ1) is 24.9. The maximum Gasteiger partial charge on any atom is 0.146 e. The summed E-state index contributed by atoms with van der Waals surface area (Å²) in [5.41, 5.74) is 6.46. The average molecular weight is 521 g/mol. The van der Waals surface area contributed by atoms with Gasteiger partial charge in [0.15, 0.2) is 0 Å². The van der Waals surface area contributed by atoms with Crippen molar-refractivity contribution in [1.82, 2.24) is 14.1 Å². The molecule has 0 saturated carbocycles. The number of hydrogen-bond donors (Lipinski definition) is 1. The molecule has 0 spiro atoms. The largest absolute Gasteiger partial charge is 0.497 e. The number of nitrogens with one attached hydrogen (secondary N) is 1. The molecule has 198 valence electrons. The Balaban J connectivity index is 1.64. The Morgan fingerprint density at radius 1 is 0.897 bits per heavy atom. The number of aromatic nitrogens is 3. The van der Waals surface area contributed by atoms with Crippen LogP contribution in [0.5, 0.6) is 11.5 Å². The van der Waals surface area contributed by atoms with Gasteiger partial charge < -0.3 is 23.3 Å². The van der Waals surface area contributed by atoms with Crippen LogP contribution in [0.3, 0.4) is 0 Å². The number of nitrogens with zero attached hydrogens (tertiary/aromatic N) is 3. The average Bonchev–Trinajstić information content (AvgIpc) is 3.62. The summed E-state index contributed by atoms with van der Waals surface area (Å²) in [5, 5.41) is 10.2. The first-order valence-electron chi connectivity index (χ1n) is 13.2. The molecule has 7 nitrogen and oxygen atoms in total. The van der Waals surface area contributed by atoms with Crippen LogP contribution in [0.1, 0.15) is 12.0 Å². The number of ether oxygens (including phenoxy) is 3. The Bertz CT molecular complexity index is 1630. The zero-order valence-electron chi connectivity index (χ0n) is 22.3. The molecule has 39 heavy (non-hydrogen) atoms. The molecular weight excluding hydrogens is 488 g/mol. The molecule has 1 saturated heterocycles. The zero-order valence-corrected chi connectivity index (χ0v) is 22.3. The van der Waals surface area contributed by atoms with Gasteiger partial charge >= 0.3 is 0 Å². The van der Waals surface area contributed by atoms with Gasteiger partial charge in [-0.3, -0.25) is 5.41 Å². The van der Waals surface area contributed by atoms with E-state index in [0.717, 1.165) is 64.6 Å². The van der Waals surface area contributed by atoms with Crippen LogP contribution < -0.4 is 15.0 Å². The Hall–Kier alpha value is -4.36. The second-order valence-corrected chi connectivity index (χ2v) is 9.93. The molecule has 6 rings (SSSR count). The van der Waals surface area contributed by atoms with Crippen molar-refractivity contribution in [1.29, 1.82) is 5.41 Å². The van der Waals surface area contributed by atoms with Gasteiger partial charge in [0, 0.05) is 31.2 Å². The van der Waals surface area contributed by atoms with E-state index in [2.05, 4.69) is 53.1 Å². The fraction of sp³-hybridized carbons (Fsp3) is 0.250. The summed E-state index contributed by atoms with van der Waals surface area (Å²) in [5.74, 6) is 1.97. The van der Waals surface area contributed by atoms with E-state index < -0.39 is 0 Å². The summed E-state index contributed by atoms with van der Waals surface area (Å²) < 4.78 is 20.7. The molecule has 0 aliphatic carbocycles. The highest BCUT2D eigenvalue weighted by molar-refractivity contribution is 6.02. The summed E-state index contributed by atoms with van der Waals surface area (Å²) in [6.07, 6.45) is 2.82. The Morgan fingerprint density at radius 2 is 1.56 bits per heavy atom. The van der Waals surface area contributed by atoms with Gasteiger partial charge in [-0.15, -0.1) is 0 Å². The molecule has 0 radical (unpaired) electrons. The highest BCUT2D eigenvalue weighted by Gasteiger charge is 2.25. The van der Waals surface area contributed by atoms with Crippen molar-refractivity contribution < 1.29 is 14.2 Å². The van der Waals surface area contributed by atoms with Gasteiger partial charge in [-0.1, -0.05) is 42.5 Å². The molecule has 3 heterocycles. The summed E-state index contributed by atoms with van der Waals surface area (Å²) in [6, 6.07) is 26.6. The van der Waals surface area contributed by atoms with Gasteiger partial charge in [-0.05, 0) is 59.5 Å². The van der Waals surface area contributed by atoms with E-state index in [1.807, 2.05) is 41.2 Å². The van der Waals surface area contributed by atoms with Gasteiger partial charge in [-0.2, -0.15) is 0 Å². The molecule has 0 bridgehead atoms. The third-order valence-electron chi connectivity index (χ3n) is 7.48. The summed E-state index contributed by atoms with van der Waals surface area (Å²) in [7, 11) is 3.35. The lowest BCUT2D eigenvalue weighted by atomic mass is 9.98. The second kappa shape index (κ2) is 10.8. The number of methoxy groups -OCH3 is 2. The van der Waals surface area contributed by atoms with Crippen molar-refractivity contribution in [2.75, 3.05) is 27.4 Å². The lowest BCUT2D eigenvalue weighted by Crippen LogP contribution is -2.25. The monoisotopic (exact) mass is 520 g/mol. The third kappa shape index (κ3) is 4.81. The van der Waals surface area contributed by atoms with Crippen LogP contribution in [-0.4, -0.2) is 41.6 Å². The molecule has 5 aromatic rings. The van der Waals surface area contributed by atoms with Crippen LogP contribution in [-0.2, 0) is 17.8 Å². The minimum absolute atomic E-state index is 0.384. The fourth-order valence-electron chi connectivity index (χ4n) is 5.44. The number of fused-ring (bicyclic) bond motifs is 1. The molecule has 0 amide bonds. The Labute approximate surface area is 227 Å². The summed E-state index contributed by atoms with van der Waals surface area (Å²) in [4.78, 5) is 5.00. The van der Waals surface area contributed by atoms with Crippen LogP contribution in [0.15, 0.2) is 85.2 Å².